The molecule has 1 heterocycles. The summed E-state index contributed by atoms with van der Waals surface area (Å²) in [5, 5.41) is 11.6. The van der Waals surface area contributed by atoms with Gasteiger partial charge < -0.3 is 4.74 Å². The topological polar surface area (TPSA) is 103 Å². The molecule has 2 aliphatic rings. The molecule has 1 amide bonds. The van der Waals surface area contributed by atoms with Crippen molar-refractivity contribution in [3.63, 3.8) is 0 Å². The SMILES string of the molecule is CCOC(=O)C(=O)N(c1ncc(Cl)cc1[N+](=O)[O-])C1C[C@H]2CC[C@@H](C1)C2. The second-order valence-corrected chi connectivity index (χ2v) is 7.26. The molecule has 0 N–H and O–H groups in total. The summed E-state index contributed by atoms with van der Waals surface area (Å²) in [5.74, 6) is -1.18. The highest BCUT2D eigenvalue weighted by molar-refractivity contribution is 6.38. The van der Waals surface area contributed by atoms with Gasteiger partial charge in [-0.05, 0) is 38.0 Å². The maximum Gasteiger partial charge on any atom is 0.397 e. The Hall–Kier alpha value is -2.22. The van der Waals surface area contributed by atoms with Gasteiger partial charge in [-0.15, -0.1) is 0 Å². The number of carbonyl (C=O) groups excluding carboxylic acids is 2. The summed E-state index contributed by atoms with van der Waals surface area (Å²) in [6.07, 6.45) is 5.91. The first-order valence-electron chi connectivity index (χ1n) is 8.71. The Balaban J connectivity index is 2.02. The molecule has 26 heavy (non-hydrogen) atoms. The molecule has 2 fully saturated rings. The summed E-state index contributed by atoms with van der Waals surface area (Å²) >= 11 is 5.84. The Labute approximate surface area is 155 Å². The Kier molecular flexibility index (Phi) is 5.41. The van der Waals surface area contributed by atoms with Crippen molar-refractivity contribution in [3.05, 3.63) is 27.4 Å². The van der Waals surface area contributed by atoms with E-state index in [1.54, 1.807) is 6.92 Å². The van der Waals surface area contributed by atoms with Crippen molar-refractivity contribution < 1.29 is 19.2 Å². The minimum absolute atomic E-state index is 0.0461. The van der Waals surface area contributed by atoms with Crippen LogP contribution in [0.1, 0.15) is 39.0 Å². The lowest BCUT2D eigenvalue weighted by molar-refractivity contribution is -0.384. The van der Waals surface area contributed by atoms with Crippen LogP contribution in [-0.4, -0.2) is 34.4 Å². The summed E-state index contributed by atoms with van der Waals surface area (Å²) < 4.78 is 4.84. The number of ether oxygens (including phenoxy) is 1. The van der Waals surface area contributed by atoms with Gasteiger partial charge >= 0.3 is 17.6 Å². The van der Waals surface area contributed by atoms with E-state index in [0.717, 1.165) is 30.2 Å². The number of fused-ring (bicyclic) bond motifs is 2. The van der Waals surface area contributed by atoms with Gasteiger partial charge in [0.25, 0.3) is 0 Å². The summed E-state index contributed by atoms with van der Waals surface area (Å²) in [6.45, 7) is 1.64. The third-order valence-corrected chi connectivity index (χ3v) is 5.34. The predicted molar refractivity (Wildman–Crippen MR) is 93.9 cm³/mol. The van der Waals surface area contributed by atoms with Crippen molar-refractivity contribution in [1.29, 1.82) is 0 Å². The number of hydrogen-bond acceptors (Lipinski definition) is 6. The highest BCUT2D eigenvalue weighted by Crippen LogP contribution is 2.45. The van der Waals surface area contributed by atoms with Crippen LogP contribution in [0.4, 0.5) is 11.5 Å². The van der Waals surface area contributed by atoms with E-state index < -0.39 is 22.5 Å². The van der Waals surface area contributed by atoms with Crippen LogP contribution < -0.4 is 4.90 Å². The zero-order chi connectivity index (χ0) is 18.8. The van der Waals surface area contributed by atoms with Crippen LogP contribution in [0.15, 0.2) is 12.3 Å². The molecule has 0 aromatic carbocycles. The number of rotatable bonds is 4. The van der Waals surface area contributed by atoms with Crippen molar-refractivity contribution in [3.8, 4) is 0 Å². The highest BCUT2D eigenvalue weighted by Gasteiger charge is 2.42. The van der Waals surface area contributed by atoms with Crippen molar-refractivity contribution in [2.75, 3.05) is 11.5 Å². The van der Waals surface area contributed by atoms with Gasteiger partial charge in [-0.1, -0.05) is 24.4 Å². The molecule has 3 atom stereocenters. The second-order valence-electron chi connectivity index (χ2n) is 6.82. The van der Waals surface area contributed by atoms with Crippen LogP contribution in [0.5, 0.6) is 0 Å². The van der Waals surface area contributed by atoms with E-state index in [9.17, 15) is 19.7 Å². The lowest BCUT2D eigenvalue weighted by atomic mass is 9.84. The van der Waals surface area contributed by atoms with Gasteiger partial charge in [0.2, 0.25) is 5.82 Å². The van der Waals surface area contributed by atoms with Gasteiger partial charge in [-0.2, -0.15) is 0 Å². The first-order valence-corrected chi connectivity index (χ1v) is 9.08. The number of aromatic nitrogens is 1. The van der Waals surface area contributed by atoms with E-state index in [-0.39, 0.29) is 23.5 Å². The number of esters is 1. The molecule has 9 heteroatoms. The Morgan fingerprint density at radius 3 is 2.58 bits per heavy atom. The summed E-state index contributed by atoms with van der Waals surface area (Å²) in [7, 11) is 0. The Morgan fingerprint density at radius 1 is 1.35 bits per heavy atom. The molecule has 0 spiro atoms. The number of amides is 1. The van der Waals surface area contributed by atoms with E-state index >= 15 is 0 Å². The minimum atomic E-state index is -1.03. The molecular weight excluding hydrogens is 362 g/mol. The lowest BCUT2D eigenvalue weighted by Crippen LogP contribution is -2.48. The molecule has 2 aliphatic carbocycles. The number of nitro groups is 1. The minimum Gasteiger partial charge on any atom is -0.459 e. The monoisotopic (exact) mass is 381 g/mol. The molecule has 0 radical (unpaired) electrons. The number of hydrogen-bond donors (Lipinski definition) is 0. The Bertz CT molecular complexity index is 729. The van der Waals surface area contributed by atoms with Crippen molar-refractivity contribution in [1.82, 2.24) is 4.98 Å². The summed E-state index contributed by atoms with van der Waals surface area (Å²) in [5.41, 5.74) is -0.395. The van der Waals surface area contributed by atoms with Crippen molar-refractivity contribution in [2.24, 2.45) is 11.8 Å². The second kappa shape index (κ2) is 7.57. The zero-order valence-corrected chi connectivity index (χ0v) is 15.1. The summed E-state index contributed by atoms with van der Waals surface area (Å²) in [6, 6.07) is 0.831. The van der Waals surface area contributed by atoms with Crippen LogP contribution in [0.3, 0.4) is 0 Å². The van der Waals surface area contributed by atoms with Gasteiger partial charge in [0, 0.05) is 18.3 Å². The number of pyridine rings is 1. The van der Waals surface area contributed by atoms with Gasteiger partial charge in [-0.25, -0.2) is 9.78 Å². The molecule has 2 bridgehead atoms. The van der Waals surface area contributed by atoms with Crippen LogP contribution in [0.2, 0.25) is 5.02 Å². The average Bonchev–Trinajstić information content (AvgIpc) is 2.94. The first kappa shape index (κ1) is 18.6. The standard InChI is InChI=1S/C17H20ClN3O5/c1-2-26-17(23)16(22)20(13-6-10-3-4-11(5-10)7-13)15-14(21(24)25)8-12(18)9-19-15/h8-11,13H,2-7H2,1H3/t10-,11+,13?. The molecule has 0 aliphatic heterocycles. The first-order chi connectivity index (χ1) is 12.4. The van der Waals surface area contributed by atoms with E-state index in [4.69, 9.17) is 16.3 Å². The molecule has 1 aromatic heterocycles. The number of carbonyl (C=O) groups is 2. The Morgan fingerprint density at radius 2 is 2.00 bits per heavy atom. The molecule has 2 saturated carbocycles. The number of halogens is 1. The maximum absolute atomic E-state index is 12.8. The fraction of sp³-hybridized carbons (Fsp3) is 0.588. The molecule has 1 unspecified atom stereocenters. The largest absolute Gasteiger partial charge is 0.459 e. The van der Waals surface area contributed by atoms with E-state index in [0.29, 0.717) is 24.7 Å². The van der Waals surface area contributed by atoms with Gasteiger partial charge in [0.1, 0.15) is 0 Å². The maximum atomic E-state index is 12.8. The molecule has 140 valence electrons. The number of anilines is 1. The molecule has 1 aromatic rings. The van der Waals surface area contributed by atoms with Gasteiger partial charge in [-0.3, -0.25) is 19.8 Å². The van der Waals surface area contributed by atoms with Crippen molar-refractivity contribution in [2.45, 2.75) is 45.1 Å². The van der Waals surface area contributed by atoms with Crippen LogP contribution in [0, 0.1) is 22.0 Å². The third kappa shape index (κ3) is 3.65. The third-order valence-electron chi connectivity index (χ3n) is 5.13. The lowest BCUT2D eigenvalue weighted by Gasteiger charge is -2.35. The van der Waals surface area contributed by atoms with Crippen LogP contribution in [-0.2, 0) is 14.3 Å². The van der Waals surface area contributed by atoms with E-state index in [2.05, 4.69) is 4.98 Å². The average molecular weight is 382 g/mol. The highest BCUT2D eigenvalue weighted by atomic mass is 35.5. The fourth-order valence-electron chi connectivity index (χ4n) is 4.15. The van der Waals surface area contributed by atoms with Crippen LogP contribution in [0.25, 0.3) is 0 Å². The molecule has 0 saturated heterocycles. The normalized spacial score (nSPS) is 24.2. The molecular formula is C17H20ClN3O5. The van der Waals surface area contributed by atoms with Gasteiger partial charge in [0.05, 0.1) is 16.6 Å². The quantitative estimate of drug-likeness (QED) is 0.343. The van der Waals surface area contributed by atoms with E-state index in [1.807, 2.05) is 0 Å². The van der Waals surface area contributed by atoms with E-state index in [1.165, 1.54) is 6.20 Å². The number of nitrogens with zero attached hydrogens (tertiary/aromatic N) is 3. The summed E-state index contributed by atoms with van der Waals surface area (Å²) in [4.78, 5) is 40.9. The smallest absolute Gasteiger partial charge is 0.397 e. The molecule has 3 rings (SSSR count). The van der Waals surface area contributed by atoms with Crippen LogP contribution >= 0.6 is 11.6 Å². The fourth-order valence-corrected chi connectivity index (χ4v) is 4.30. The van der Waals surface area contributed by atoms with Gasteiger partial charge in [0.15, 0.2) is 0 Å². The van der Waals surface area contributed by atoms with Crippen molar-refractivity contribution >= 4 is 35.0 Å². The predicted octanol–water partition coefficient (Wildman–Crippen LogP) is 3.12. The zero-order valence-electron chi connectivity index (χ0n) is 14.4. The molecule has 8 nitrogen and oxygen atoms in total.